The number of amides is 1. The maximum Gasteiger partial charge on any atom is 0.255 e. The highest BCUT2D eigenvalue weighted by atomic mass is 32.2. The fourth-order valence-corrected chi connectivity index (χ4v) is 6.11. The number of nitrogen functional groups attached to an aromatic ring is 1. The van der Waals surface area contributed by atoms with Crippen LogP contribution in [0.1, 0.15) is 10.4 Å². The Kier molecular flexibility index (Phi) is 6.27. The molecule has 0 unspecified atom stereocenters. The standard InChI is InChI=1S/C32H24F2N6O4S/c1-36-31(41)28-20-13-19(25(39(2)45(3,42)43)15-27(20)44-30(28)16-7-9-17(33)10-8-16)22-11-12-23-29(37-22)26-14-18-21(34)5-4-6-24(18)40(26)32(35)38-23/h4-15H,1-3H3,(H2,35,38)(H,36,41). The number of nitrogens with two attached hydrogens (primary N) is 1. The fourth-order valence-electron chi connectivity index (χ4n) is 5.60. The van der Waals surface area contributed by atoms with Gasteiger partial charge in [0, 0.05) is 42.1 Å². The third kappa shape index (κ3) is 4.42. The average Bonchev–Trinajstić information content (AvgIpc) is 3.60. The Morgan fingerprint density at radius 1 is 0.978 bits per heavy atom. The van der Waals surface area contributed by atoms with Gasteiger partial charge in [0.2, 0.25) is 16.0 Å². The van der Waals surface area contributed by atoms with Gasteiger partial charge in [-0.1, -0.05) is 6.07 Å². The monoisotopic (exact) mass is 626 g/mol. The second-order valence-electron chi connectivity index (χ2n) is 10.6. The zero-order valence-corrected chi connectivity index (χ0v) is 24.9. The van der Waals surface area contributed by atoms with E-state index in [-0.39, 0.29) is 28.5 Å². The molecule has 13 heteroatoms. The summed E-state index contributed by atoms with van der Waals surface area (Å²) in [5.41, 5.74) is 9.95. The Bertz CT molecular complexity index is 2470. The number of sulfonamides is 1. The van der Waals surface area contributed by atoms with E-state index < -0.39 is 27.6 Å². The quantitative estimate of drug-likeness (QED) is 0.249. The topological polar surface area (TPSA) is 136 Å². The molecule has 4 heterocycles. The van der Waals surface area contributed by atoms with Crippen LogP contribution in [0.15, 0.2) is 77.2 Å². The molecule has 0 aliphatic rings. The number of hydrogen-bond acceptors (Lipinski definition) is 7. The van der Waals surface area contributed by atoms with Crippen molar-refractivity contribution in [2.45, 2.75) is 0 Å². The van der Waals surface area contributed by atoms with E-state index in [2.05, 4.69) is 10.3 Å². The zero-order chi connectivity index (χ0) is 31.8. The van der Waals surface area contributed by atoms with Gasteiger partial charge in [0.15, 0.2) is 0 Å². The van der Waals surface area contributed by atoms with Gasteiger partial charge >= 0.3 is 0 Å². The highest BCUT2D eigenvalue weighted by molar-refractivity contribution is 7.92. The number of hydrogen-bond donors (Lipinski definition) is 2. The van der Waals surface area contributed by atoms with E-state index in [9.17, 15) is 22.0 Å². The summed E-state index contributed by atoms with van der Waals surface area (Å²) in [5.74, 6) is -1.01. The van der Waals surface area contributed by atoms with E-state index >= 15 is 0 Å². The van der Waals surface area contributed by atoms with Crippen molar-refractivity contribution in [2.75, 3.05) is 30.4 Å². The summed E-state index contributed by atoms with van der Waals surface area (Å²) in [4.78, 5) is 22.6. The van der Waals surface area contributed by atoms with Crippen molar-refractivity contribution in [1.29, 1.82) is 0 Å². The van der Waals surface area contributed by atoms with Gasteiger partial charge in [-0.05, 0) is 60.7 Å². The van der Waals surface area contributed by atoms with E-state index in [0.29, 0.717) is 49.7 Å². The number of benzene rings is 3. The van der Waals surface area contributed by atoms with Crippen LogP contribution in [0.5, 0.6) is 0 Å². The second kappa shape index (κ2) is 9.99. The number of nitrogens with zero attached hydrogens (tertiary/aromatic N) is 4. The SMILES string of the molecule is CNC(=O)c1c(-c2ccc(F)cc2)oc2cc(N(C)S(C)(=O)=O)c(-c3ccc4nc(N)n5c6cccc(F)c6cc5c4n3)cc12. The number of aromatic nitrogens is 3. The summed E-state index contributed by atoms with van der Waals surface area (Å²) in [6.07, 6.45) is 1.06. The molecule has 0 atom stereocenters. The molecule has 0 aliphatic heterocycles. The first kappa shape index (κ1) is 28.2. The summed E-state index contributed by atoms with van der Waals surface area (Å²) in [5, 5.41) is 3.34. The number of anilines is 2. The molecule has 0 radical (unpaired) electrons. The first-order valence-corrected chi connectivity index (χ1v) is 15.5. The summed E-state index contributed by atoms with van der Waals surface area (Å²) >= 11 is 0. The maximum absolute atomic E-state index is 14.8. The van der Waals surface area contributed by atoms with E-state index in [0.717, 1.165) is 10.6 Å². The van der Waals surface area contributed by atoms with Crippen molar-refractivity contribution in [1.82, 2.24) is 19.7 Å². The number of nitrogens with one attached hydrogen (secondary N) is 1. The van der Waals surface area contributed by atoms with Crippen molar-refractivity contribution in [2.24, 2.45) is 0 Å². The van der Waals surface area contributed by atoms with Gasteiger partial charge in [-0.25, -0.2) is 27.2 Å². The van der Waals surface area contributed by atoms with Crippen LogP contribution in [0.25, 0.3) is 61.0 Å². The second-order valence-corrected chi connectivity index (χ2v) is 12.6. The van der Waals surface area contributed by atoms with Crippen LogP contribution < -0.4 is 15.4 Å². The first-order chi connectivity index (χ1) is 21.5. The predicted molar refractivity (Wildman–Crippen MR) is 170 cm³/mol. The van der Waals surface area contributed by atoms with Gasteiger partial charge in [0.1, 0.15) is 28.5 Å². The molecule has 0 bridgehead atoms. The fraction of sp³-hybridized carbons (Fsp3) is 0.0938. The van der Waals surface area contributed by atoms with Crippen molar-refractivity contribution in [3.8, 4) is 22.6 Å². The van der Waals surface area contributed by atoms with E-state index in [4.69, 9.17) is 15.1 Å². The molecule has 0 saturated carbocycles. The largest absolute Gasteiger partial charge is 0.455 e. The molecule has 1 amide bonds. The Labute approximate surface area is 254 Å². The Morgan fingerprint density at radius 3 is 2.44 bits per heavy atom. The minimum absolute atomic E-state index is 0.147. The lowest BCUT2D eigenvalue weighted by molar-refractivity contribution is 0.0964. The molecular weight excluding hydrogens is 602 g/mol. The summed E-state index contributed by atoms with van der Waals surface area (Å²) in [6.45, 7) is 0. The Morgan fingerprint density at radius 2 is 1.73 bits per heavy atom. The molecule has 7 rings (SSSR count). The summed E-state index contributed by atoms with van der Waals surface area (Å²) < 4.78 is 62.9. The van der Waals surface area contributed by atoms with Crippen LogP contribution in [-0.2, 0) is 10.0 Å². The smallest absolute Gasteiger partial charge is 0.255 e. The predicted octanol–water partition coefficient (Wildman–Crippen LogP) is 5.73. The highest BCUT2D eigenvalue weighted by Crippen LogP contribution is 2.41. The Hall–Kier alpha value is -5.56. The summed E-state index contributed by atoms with van der Waals surface area (Å²) in [6, 6.07) is 18.3. The normalized spacial score (nSPS) is 12.0. The van der Waals surface area contributed by atoms with Crippen LogP contribution in [-0.4, -0.2) is 49.0 Å². The van der Waals surface area contributed by atoms with Crippen LogP contribution in [0.2, 0.25) is 0 Å². The van der Waals surface area contributed by atoms with Crippen molar-refractivity contribution in [3.63, 3.8) is 0 Å². The van der Waals surface area contributed by atoms with Crippen molar-refractivity contribution in [3.05, 3.63) is 90.0 Å². The van der Waals surface area contributed by atoms with Gasteiger partial charge in [0.05, 0.1) is 39.8 Å². The average molecular weight is 627 g/mol. The molecule has 10 nitrogen and oxygen atoms in total. The molecule has 0 saturated heterocycles. The lowest BCUT2D eigenvalue weighted by Gasteiger charge is -2.20. The molecular formula is C32H24F2N6O4S. The van der Waals surface area contributed by atoms with Gasteiger partial charge in [0.25, 0.3) is 5.91 Å². The Balaban J connectivity index is 1.55. The molecule has 4 aromatic heterocycles. The van der Waals surface area contributed by atoms with Crippen LogP contribution in [0, 0.1) is 11.6 Å². The number of carbonyl (C=O) groups is 1. The van der Waals surface area contributed by atoms with Crippen molar-refractivity contribution < 1.29 is 26.4 Å². The number of halogens is 2. The lowest BCUT2D eigenvalue weighted by Crippen LogP contribution is -2.25. The van der Waals surface area contributed by atoms with Gasteiger partial charge in [-0.15, -0.1) is 0 Å². The minimum atomic E-state index is -3.77. The number of pyridine rings is 1. The molecule has 45 heavy (non-hydrogen) atoms. The van der Waals surface area contributed by atoms with E-state index in [1.807, 2.05) is 0 Å². The lowest BCUT2D eigenvalue weighted by atomic mass is 10.0. The van der Waals surface area contributed by atoms with E-state index in [1.165, 1.54) is 50.5 Å². The molecule has 7 aromatic rings. The number of furan rings is 1. The number of fused-ring (bicyclic) bond motifs is 6. The van der Waals surface area contributed by atoms with Gasteiger partial charge in [-0.2, -0.15) is 0 Å². The summed E-state index contributed by atoms with van der Waals surface area (Å²) in [7, 11) is -0.903. The van der Waals surface area contributed by atoms with Crippen LogP contribution >= 0.6 is 0 Å². The molecule has 226 valence electrons. The van der Waals surface area contributed by atoms with Gasteiger partial charge < -0.3 is 15.5 Å². The highest BCUT2D eigenvalue weighted by Gasteiger charge is 2.27. The van der Waals surface area contributed by atoms with Crippen LogP contribution in [0.4, 0.5) is 20.4 Å². The van der Waals surface area contributed by atoms with Gasteiger partial charge in [-0.3, -0.25) is 13.5 Å². The molecule has 0 spiro atoms. The zero-order valence-electron chi connectivity index (χ0n) is 24.1. The minimum Gasteiger partial charge on any atom is -0.455 e. The molecule has 3 aromatic carbocycles. The van der Waals surface area contributed by atoms with Crippen LogP contribution in [0.3, 0.4) is 0 Å². The third-order valence-electron chi connectivity index (χ3n) is 7.85. The first-order valence-electron chi connectivity index (χ1n) is 13.6. The number of rotatable bonds is 5. The van der Waals surface area contributed by atoms with E-state index in [1.54, 1.807) is 40.8 Å². The third-order valence-corrected chi connectivity index (χ3v) is 9.04. The van der Waals surface area contributed by atoms with Crippen molar-refractivity contribution >= 4 is 66.0 Å². The molecule has 0 aliphatic carbocycles. The molecule has 0 fully saturated rings. The number of carbonyl (C=O) groups excluding carboxylic acids is 1. The maximum atomic E-state index is 14.8. The molecule has 3 N–H and O–H groups in total.